The summed E-state index contributed by atoms with van der Waals surface area (Å²) >= 11 is 0. The summed E-state index contributed by atoms with van der Waals surface area (Å²) in [6.45, 7) is 2.50. The SMILES string of the molecule is COc1ccc2ccc(F)c(C(CO)CN3CCC(NCC=Cc4cc(F)ccc4F)CC3)c2n1. The molecule has 2 heterocycles. The number of fused-ring (bicyclic) bond motifs is 1. The highest BCUT2D eigenvalue weighted by Crippen LogP contribution is 2.30. The first-order valence-corrected chi connectivity index (χ1v) is 11.8. The fourth-order valence-corrected chi connectivity index (χ4v) is 4.60. The van der Waals surface area contributed by atoms with Crippen molar-refractivity contribution in [3.8, 4) is 5.88 Å². The van der Waals surface area contributed by atoms with E-state index in [9.17, 15) is 18.3 Å². The molecular formula is C27H30F3N3O2. The van der Waals surface area contributed by atoms with Gasteiger partial charge in [-0.05, 0) is 62.3 Å². The molecule has 4 rings (SSSR count). The number of methoxy groups -OCH3 is 1. The van der Waals surface area contributed by atoms with Gasteiger partial charge in [0.2, 0.25) is 5.88 Å². The maximum absolute atomic E-state index is 14.9. The highest BCUT2D eigenvalue weighted by molar-refractivity contribution is 5.83. The second kappa shape index (κ2) is 11.7. The van der Waals surface area contributed by atoms with Crippen molar-refractivity contribution in [3.05, 3.63) is 77.1 Å². The van der Waals surface area contributed by atoms with E-state index in [1.165, 1.54) is 19.2 Å². The zero-order valence-electron chi connectivity index (χ0n) is 19.7. The molecule has 0 saturated carbocycles. The molecule has 0 radical (unpaired) electrons. The Bertz CT molecular complexity index is 1180. The van der Waals surface area contributed by atoms with Crippen LogP contribution in [0.15, 0.2) is 48.5 Å². The van der Waals surface area contributed by atoms with Crippen LogP contribution in [-0.2, 0) is 0 Å². The molecule has 1 atom stereocenters. The average Bonchev–Trinajstić information content (AvgIpc) is 2.88. The largest absolute Gasteiger partial charge is 0.481 e. The molecule has 1 aliphatic heterocycles. The molecule has 0 bridgehead atoms. The van der Waals surface area contributed by atoms with Crippen LogP contribution in [0.4, 0.5) is 13.2 Å². The fourth-order valence-electron chi connectivity index (χ4n) is 4.60. The zero-order chi connectivity index (χ0) is 24.8. The quantitative estimate of drug-likeness (QED) is 0.467. The first-order valence-electron chi connectivity index (χ1n) is 11.8. The van der Waals surface area contributed by atoms with Gasteiger partial charge in [0.1, 0.15) is 17.5 Å². The molecule has 3 aromatic rings. The first-order chi connectivity index (χ1) is 17.0. The Morgan fingerprint density at radius 2 is 1.86 bits per heavy atom. The monoisotopic (exact) mass is 485 g/mol. The number of nitrogens with zero attached hydrogens (tertiary/aromatic N) is 2. The maximum Gasteiger partial charge on any atom is 0.213 e. The number of aliphatic hydroxyl groups is 1. The van der Waals surface area contributed by atoms with Gasteiger partial charge in [-0.15, -0.1) is 0 Å². The predicted molar refractivity (Wildman–Crippen MR) is 131 cm³/mol. The van der Waals surface area contributed by atoms with Crippen molar-refractivity contribution in [1.82, 2.24) is 15.2 Å². The molecule has 1 saturated heterocycles. The lowest BCUT2D eigenvalue weighted by molar-refractivity contribution is 0.162. The van der Waals surface area contributed by atoms with Gasteiger partial charge >= 0.3 is 0 Å². The summed E-state index contributed by atoms with van der Waals surface area (Å²) in [5, 5.41) is 14.4. The number of halogens is 3. The summed E-state index contributed by atoms with van der Waals surface area (Å²) in [5.41, 5.74) is 1.16. The number of hydrogen-bond donors (Lipinski definition) is 2. The summed E-state index contributed by atoms with van der Waals surface area (Å²) in [7, 11) is 1.52. The molecule has 1 aliphatic rings. The van der Waals surface area contributed by atoms with Crippen LogP contribution in [0.1, 0.15) is 29.9 Å². The lowest BCUT2D eigenvalue weighted by atomic mass is 9.94. The van der Waals surface area contributed by atoms with Crippen LogP contribution in [0.5, 0.6) is 5.88 Å². The van der Waals surface area contributed by atoms with Crippen LogP contribution >= 0.6 is 0 Å². The molecule has 186 valence electrons. The average molecular weight is 486 g/mol. The predicted octanol–water partition coefficient (Wildman–Crippen LogP) is 4.50. The van der Waals surface area contributed by atoms with E-state index in [0.717, 1.165) is 43.5 Å². The number of likely N-dealkylation sites (tertiary alicyclic amines) is 1. The van der Waals surface area contributed by atoms with Crippen molar-refractivity contribution >= 4 is 17.0 Å². The number of ether oxygens (including phenoxy) is 1. The van der Waals surface area contributed by atoms with Crippen LogP contribution in [0.2, 0.25) is 0 Å². The smallest absolute Gasteiger partial charge is 0.213 e. The summed E-state index contributed by atoms with van der Waals surface area (Å²) in [4.78, 5) is 6.68. The minimum Gasteiger partial charge on any atom is -0.481 e. The van der Waals surface area contributed by atoms with E-state index in [2.05, 4.69) is 15.2 Å². The van der Waals surface area contributed by atoms with Gasteiger partial charge in [0, 0.05) is 47.6 Å². The van der Waals surface area contributed by atoms with Gasteiger partial charge in [-0.3, -0.25) is 0 Å². The third-order valence-electron chi connectivity index (χ3n) is 6.51. The van der Waals surface area contributed by atoms with Crippen LogP contribution in [0.25, 0.3) is 17.0 Å². The third kappa shape index (κ3) is 6.20. The first kappa shape index (κ1) is 25.2. The minimum absolute atomic E-state index is 0.186. The Morgan fingerprint density at radius 1 is 1.11 bits per heavy atom. The van der Waals surface area contributed by atoms with Crippen LogP contribution in [-0.4, -0.2) is 60.9 Å². The Hall–Kier alpha value is -2.94. The number of piperidine rings is 1. The topological polar surface area (TPSA) is 57.6 Å². The molecule has 1 fully saturated rings. The van der Waals surface area contributed by atoms with Gasteiger partial charge < -0.3 is 20.1 Å². The number of hydrogen-bond acceptors (Lipinski definition) is 5. The molecule has 5 nitrogen and oxygen atoms in total. The molecule has 0 spiro atoms. The molecule has 1 unspecified atom stereocenters. The lowest BCUT2D eigenvalue weighted by Crippen LogP contribution is -2.44. The molecule has 35 heavy (non-hydrogen) atoms. The van der Waals surface area contributed by atoms with E-state index in [1.807, 2.05) is 6.07 Å². The normalized spacial score (nSPS) is 16.3. The molecule has 2 aromatic carbocycles. The number of rotatable bonds is 9. The van der Waals surface area contributed by atoms with Gasteiger partial charge in [0.05, 0.1) is 19.2 Å². The Kier molecular flexibility index (Phi) is 8.38. The van der Waals surface area contributed by atoms with Gasteiger partial charge in [-0.1, -0.05) is 12.2 Å². The number of nitrogens with one attached hydrogen (secondary N) is 1. The van der Waals surface area contributed by atoms with E-state index >= 15 is 0 Å². The summed E-state index contributed by atoms with van der Waals surface area (Å²) in [5.74, 6) is -1.30. The maximum atomic E-state index is 14.9. The van der Waals surface area contributed by atoms with E-state index in [0.29, 0.717) is 36.1 Å². The van der Waals surface area contributed by atoms with Crippen LogP contribution in [0, 0.1) is 17.5 Å². The van der Waals surface area contributed by atoms with Crippen molar-refractivity contribution in [2.24, 2.45) is 0 Å². The highest BCUT2D eigenvalue weighted by atomic mass is 19.1. The summed E-state index contributed by atoms with van der Waals surface area (Å²) in [6, 6.07) is 10.4. The third-order valence-corrected chi connectivity index (χ3v) is 6.51. The summed E-state index contributed by atoms with van der Waals surface area (Å²) in [6.07, 6.45) is 5.15. The number of pyridine rings is 1. The van der Waals surface area contributed by atoms with Gasteiger partial charge in [-0.2, -0.15) is 0 Å². The van der Waals surface area contributed by atoms with Crippen molar-refractivity contribution in [2.75, 3.05) is 39.9 Å². The molecular weight excluding hydrogens is 455 g/mol. The zero-order valence-corrected chi connectivity index (χ0v) is 19.7. The standard InChI is InChI=1S/C27H30F3N3O2/c1-35-25-9-5-18-4-7-24(30)26(27(18)32-25)20(17-34)16-33-13-10-22(11-14-33)31-12-2-3-19-15-21(28)6-8-23(19)29/h2-9,15,20,22,31,34H,10-14,16-17H2,1H3. The molecule has 1 aromatic heterocycles. The van der Waals surface area contributed by atoms with Gasteiger partial charge in [0.15, 0.2) is 0 Å². The van der Waals surface area contributed by atoms with E-state index in [1.54, 1.807) is 24.3 Å². The van der Waals surface area contributed by atoms with E-state index in [-0.39, 0.29) is 18.0 Å². The minimum atomic E-state index is -0.467. The van der Waals surface area contributed by atoms with Crippen molar-refractivity contribution in [1.29, 1.82) is 0 Å². The summed E-state index contributed by atoms with van der Waals surface area (Å²) < 4.78 is 47.1. The molecule has 0 aliphatic carbocycles. The highest BCUT2D eigenvalue weighted by Gasteiger charge is 2.25. The van der Waals surface area contributed by atoms with Crippen LogP contribution in [0.3, 0.4) is 0 Å². The van der Waals surface area contributed by atoms with E-state index < -0.39 is 17.6 Å². The Labute approximate surface area is 203 Å². The number of aliphatic hydroxyl groups excluding tert-OH is 1. The van der Waals surface area contributed by atoms with E-state index in [4.69, 9.17) is 4.74 Å². The Balaban J connectivity index is 1.33. The van der Waals surface area contributed by atoms with Crippen molar-refractivity contribution < 1.29 is 23.0 Å². The fraction of sp³-hybridized carbons (Fsp3) is 0.370. The second-order valence-electron chi connectivity index (χ2n) is 8.82. The van der Waals surface area contributed by atoms with Gasteiger partial charge in [-0.25, -0.2) is 18.2 Å². The molecule has 8 heteroatoms. The van der Waals surface area contributed by atoms with Crippen LogP contribution < -0.4 is 10.1 Å². The molecule has 0 amide bonds. The second-order valence-corrected chi connectivity index (χ2v) is 8.82. The van der Waals surface area contributed by atoms with Crippen molar-refractivity contribution in [2.45, 2.75) is 24.8 Å². The van der Waals surface area contributed by atoms with Gasteiger partial charge in [0.25, 0.3) is 0 Å². The number of aromatic nitrogens is 1. The number of benzene rings is 2. The van der Waals surface area contributed by atoms with Crippen molar-refractivity contribution in [3.63, 3.8) is 0 Å². The lowest BCUT2D eigenvalue weighted by Gasteiger charge is -2.34. The molecule has 2 N–H and O–H groups in total. The Morgan fingerprint density at radius 3 is 2.60 bits per heavy atom.